The van der Waals surface area contributed by atoms with Gasteiger partial charge in [-0.25, -0.2) is 0 Å². The van der Waals surface area contributed by atoms with Gasteiger partial charge in [-0.3, -0.25) is 9.59 Å². The van der Waals surface area contributed by atoms with Crippen LogP contribution in [-0.4, -0.2) is 43.0 Å². The molecule has 0 spiro atoms. The predicted octanol–water partition coefficient (Wildman–Crippen LogP) is 2.67. The molecule has 136 valence electrons. The smallest absolute Gasteiger partial charge is 0.256 e. The van der Waals surface area contributed by atoms with Crippen LogP contribution in [0.4, 0.5) is 0 Å². The van der Waals surface area contributed by atoms with E-state index < -0.39 is 6.04 Å². The Hall–Kier alpha value is -2.37. The normalized spacial score (nSPS) is 16.1. The molecule has 3 rings (SSSR count). The number of hydrogen-bond acceptors (Lipinski definition) is 3. The van der Waals surface area contributed by atoms with Crippen LogP contribution in [0.1, 0.15) is 21.5 Å². The lowest BCUT2D eigenvalue weighted by molar-refractivity contribution is -0.126. The number of rotatable bonds is 5. The Labute approximate surface area is 157 Å². The number of carbonyl (C=O) groups excluding carboxylic acids is 2. The topological polar surface area (TPSA) is 58.6 Å². The van der Waals surface area contributed by atoms with E-state index in [1.54, 1.807) is 36.3 Å². The number of fused-ring (bicyclic) bond motifs is 1. The largest absolute Gasteiger partial charge is 0.383 e. The van der Waals surface area contributed by atoms with E-state index >= 15 is 0 Å². The minimum atomic E-state index is -0.578. The maximum Gasteiger partial charge on any atom is 0.256 e. The summed E-state index contributed by atoms with van der Waals surface area (Å²) in [5.41, 5.74) is 2.54. The van der Waals surface area contributed by atoms with Crippen molar-refractivity contribution < 1.29 is 14.3 Å². The molecule has 26 heavy (non-hydrogen) atoms. The van der Waals surface area contributed by atoms with E-state index in [1.165, 1.54) is 0 Å². The van der Waals surface area contributed by atoms with Gasteiger partial charge in [-0.2, -0.15) is 0 Å². The molecule has 2 aromatic rings. The molecule has 0 aromatic heterocycles. The lowest BCUT2D eigenvalue weighted by Gasteiger charge is -2.36. The highest BCUT2D eigenvalue weighted by Gasteiger charge is 2.35. The van der Waals surface area contributed by atoms with Crippen molar-refractivity contribution in [2.24, 2.45) is 0 Å². The summed E-state index contributed by atoms with van der Waals surface area (Å²) in [6, 6.07) is 14.2. The van der Waals surface area contributed by atoms with Crippen LogP contribution in [0.5, 0.6) is 0 Å². The first-order valence-electron chi connectivity index (χ1n) is 8.50. The number of hydrogen-bond donors (Lipinski definition) is 1. The summed E-state index contributed by atoms with van der Waals surface area (Å²) < 4.78 is 4.98. The van der Waals surface area contributed by atoms with Gasteiger partial charge in [0.05, 0.1) is 17.2 Å². The first-order valence-corrected chi connectivity index (χ1v) is 8.88. The molecule has 0 saturated carbocycles. The number of ether oxygens (including phenoxy) is 1. The summed E-state index contributed by atoms with van der Waals surface area (Å²) in [7, 11) is 1.58. The summed E-state index contributed by atoms with van der Waals surface area (Å²) in [5.74, 6) is -0.422. The van der Waals surface area contributed by atoms with Crippen LogP contribution in [0.15, 0.2) is 48.5 Å². The number of halogens is 1. The van der Waals surface area contributed by atoms with Crippen molar-refractivity contribution in [3.63, 3.8) is 0 Å². The summed E-state index contributed by atoms with van der Waals surface area (Å²) in [6.45, 7) is 1.21. The Kier molecular flexibility index (Phi) is 5.91. The second kappa shape index (κ2) is 8.34. The Morgan fingerprint density at radius 3 is 2.58 bits per heavy atom. The quantitative estimate of drug-likeness (QED) is 0.821. The van der Waals surface area contributed by atoms with Crippen LogP contribution in [-0.2, 0) is 22.5 Å². The zero-order chi connectivity index (χ0) is 18.5. The van der Waals surface area contributed by atoms with E-state index in [-0.39, 0.29) is 11.8 Å². The number of benzene rings is 2. The van der Waals surface area contributed by atoms with Crippen LogP contribution in [0.3, 0.4) is 0 Å². The first kappa shape index (κ1) is 18.4. The lowest BCUT2D eigenvalue weighted by atomic mass is 9.92. The van der Waals surface area contributed by atoms with Crippen LogP contribution >= 0.6 is 11.6 Å². The third-order valence-corrected chi connectivity index (χ3v) is 4.85. The third kappa shape index (κ3) is 3.89. The maximum atomic E-state index is 13.1. The van der Waals surface area contributed by atoms with Crippen molar-refractivity contribution in [3.05, 3.63) is 70.2 Å². The minimum Gasteiger partial charge on any atom is -0.383 e. The van der Waals surface area contributed by atoms with E-state index in [2.05, 4.69) is 5.32 Å². The molecule has 1 N–H and O–H groups in total. The number of amides is 2. The van der Waals surface area contributed by atoms with Crippen LogP contribution in [0, 0.1) is 0 Å². The number of carbonyl (C=O) groups is 2. The van der Waals surface area contributed by atoms with E-state index in [4.69, 9.17) is 16.3 Å². The number of nitrogens with zero attached hydrogens (tertiary/aromatic N) is 1. The molecule has 6 heteroatoms. The van der Waals surface area contributed by atoms with E-state index in [0.29, 0.717) is 36.7 Å². The van der Waals surface area contributed by atoms with Gasteiger partial charge in [-0.15, -0.1) is 0 Å². The number of methoxy groups -OCH3 is 1. The SMILES string of the molecule is COCCNC(=O)C1Cc2ccccc2CN1C(=O)c1ccccc1Cl. The third-order valence-electron chi connectivity index (χ3n) is 4.52. The van der Waals surface area contributed by atoms with Crippen molar-refractivity contribution in [3.8, 4) is 0 Å². The number of nitrogens with one attached hydrogen (secondary N) is 1. The van der Waals surface area contributed by atoms with Gasteiger partial charge in [-0.1, -0.05) is 48.0 Å². The van der Waals surface area contributed by atoms with Crippen LogP contribution in [0.25, 0.3) is 0 Å². The molecule has 0 fully saturated rings. The van der Waals surface area contributed by atoms with Gasteiger partial charge in [-0.05, 0) is 23.3 Å². The Morgan fingerprint density at radius 1 is 1.15 bits per heavy atom. The molecule has 0 aliphatic carbocycles. The summed E-state index contributed by atoms with van der Waals surface area (Å²) in [6.07, 6.45) is 0.477. The summed E-state index contributed by atoms with van der Waals surface area (Å²) in [5, 5.41) is 3.23. The van der Waals surface area contributed by atoms with E-state index in [1.807, 2.05) is 24.3 Å². The molecule has 2 aromatic carbocycles. The average molecular weight is 373 g/mol. The Morgan fingerprint density at radius 2 is 1.85 bits per heavy atom. The molecule has 2 amide bonds. The monoisotopic (exact) mass is 372 g/mol. The second-order valence-electron chi connectivity index (χ2n) is 6.19. The molecule has 0 bridgehead atoms. The zero-order valence-corrected chi connectivity index (χ0v) is 15.3. The molecular weight excluding hydrogens is 352 g/mol. The van der Waals surface area contributed by atoms with Gasteiger partial charge in [0.25, 0.3) is 5.91 Å². The Balaban J connectivity index is 1.90. The van der Waals surface area contributed by atoms with Gasteiger partial charge in [0, 0.05) is 26.6 Å². The zero-order valence-electron chi connectivity index (χ0n) is 14.6. The second-order valence-corrected chi connectivity index (χ2v) is 6.59. The maximum absolute atomic E-state index is 13.1. The molecular formula is C20H21ClN2O3. The van der Waals surface area contributed by atoms with Gasteiger partial charge in [0.2, 0.25) is 5.91 Å². The van der Waals surface area contributed by atoms with Crippen LogP contribution < -0.4 is 5.32 Å². The van der Waals surface area contributed by atoms with Crippen molar-refractivity contribution in [1.29, 1.82) is 0 Å². The molecule has 1 aliphatic heterocycles. The summed E-state index contributed by atoms with van der Waals surface area (Å²) in [4.78, 5) is 27.4. The Bertz CT molecular complexity index is 809. The molecule has 1 aliphatic rings. The van der Waals surface area contributed by atoms with Gasteiger partial charge in [0.15, 0.2) is 0 Å². The van der Waals surface area contributed by atoms with Crippen molar-refractivity contribution in [2.75, 3.05) is 20.3 Å². The highest BCUT2D eigenvalue weighted by atomic mass is 35.5. The van der Waals surface area contributed by atoms with Crippen molar-refractivity contribution in [1.82, 2.24) is 10.2 Å². The van der Waals surface area contributed by atoms with Gasteiger partial charge >= 0.3 is 0 Å². The van der Waals surface area contributed by atoms with E-state index in [9.17, 15) is 9.59 Å². The fourth-order valence-corrected chi connectivity index (χ4v) is 3.37. The minimum absolute atomic E-state index is 0.183. The van der Waals surface area contributed by atoms with Crippen molar-refractivity contribution in [2.45, 2.75) is 19.0 Å². The predicted molar refractivity (Wildman–Crippen MR) is 100 cm³/mol. The lowest BCUT2D eigenvalue weighted by Crippen LogP contribution is -2.53. The standard InChI is InChI=1S/C20H21ClN2O3/c1-26-11-10-22-19(24)18-12-14-6-2-3-7-15(14)13-23(18)20(25)16-8-4-5-9-17(16)21/h2-9,18H,10-13H2,1H3,(H,22,24). The average Bonchev–Trinajstić information content (AvgIpc) is 2.67. The highest BCUT2D eigenvalue weighted by Crippen LogP contribution is 2.27. The molecule has 5 nitrogen and oxygen atoms in total. The van der Waals surface area contributed by atoms with Gasteiger partial charge < -0.3 is 15.0 Å². The molecule has 1 heterocycles. The molecule has 1 atom stereocenters. The van der Waals surface area contributed by atoms with Crippen LogP contribution in [0.2, 0.25) is 5.02 Å². The molecule has 1 unspecified atom stereocenters. The van der Waals surface area contributed by atoms with Crippen molar-refractivity contribution >= 4 is 23.4 Å². The first-order chi connectivity index (χ1) is 12.6. The summed E-state index contributed by atoms with van der Waals surface area (Å²) >= 11 is 6.20. The van der Waals surface area contributed by atoms with Gasteiger partial charge in [0.1, 0.15) is 6.04 Å². The van der Waals surface area contributed by atoms with E-state index in [0.717, 1.165) is 11.1 Å². The highest BCUT2D eigenvalue weighted by molar-refractivity contribution is 6.33. The fraction of sp³-hybridized carbons (Fsp3) is 0.300. The molecule has 0 radical (unpaired) electrons. The fourth-order valence-electron chi connectivity index (χ4n) is 3.15. The molecule has 0 saturated heterocycles.